The zero-order valence-corrected chi connectivity index (χ0v) is 36.0. The fraction of sp³-hybridized carbons (Fsp3) is 0.615. The summed E-state index contributed by atoms with van der Waals surface area (Å²) < 4.78 is 71.3. The lowest BCUT2D eigenvalue weighted by Crippen LogP contribution is -2.53. The van der Waals surface area contributed by atoms with Gasteiger partial charge in [0, 0.05) is 31.5 Å². The van der Waals surface area contributed by atoms with E-state index in [2.05, 4.69) is 23.0 Å². The third-order valence-corrected chi connectivity index (χ3v) is 12.3. The molecule has 2 aliphatic heterocycles. The summed E-state index contributed by atoms with van der Waals surface area (Å²) in [5.74, 6) is -0.558. The van der Waals surface area contributed by atoms with E-state index in [1.807, 2.05) is 9.97 Å². The third-order valence-electron chi connectivity index (χ3n) is 7.96. The number of phosphoric ester groups is 2. The van der Waals surface area contributed by atoms with Crippen molar-refractivity contribution in [3.05, 3.63) is 66.2 Å². The van der Waals surface area contributed by atoms with Crippen LogP contribution in [0.4, 0.5) is 0 Å². The number of nitrogens with zero attached hydrogens (tertiary/aromatic N) is 2. The highest BCUT2D eigenvalue weighted by Gasteiger charge is 2.47. The van der Waals surface area contributed by atoms with Gasteiger partial charge in [0.25, 0.3) is 11.1 Å². The molecule has 2 aromatic rings. The minimum absolute atomic E-state index is 0.235. The fourth-order valence-corrected chi connectivity index (χ4v) is 8.28. The number of rotatable bonds is 18. The average Bonchev–Trinajstić information content (AvgIpc) is 3.61. The Bertz CT molecular complexity index is 2210. The van der Waals surface area contributed by atoms with Gasteiger partial charge in [-0.2, -0.15) is 8.62 Å². The van der Waals surface area contributed by atoms with E-state index in [9.17, 15) is 77.7 Å². The normalized spacial score (nSPS) is 27.0. The predicted octanol–water partition coefficient (Wildman–Crippen LogP) is -8.47. The first-order valence-corrected chi connectivity index (χ1v) is 23.3. The monoisotopic (exact) mass is 1030 g/mol. The van der Waals surface area contributed by atoms with Crippen LogP contribution >= 0.6 is 31.3 Å². The first-order chi connectivity index (χ1) is 29.7. The molecule has 39 heteroatoms. The van der Waals surface area contributed by atoms with Gasteiger partial charge in [-0.3, -0.25) is 42.5 Å². The molecule has 1 amide bonds. The number of aldehydes is 1. The van der Waals surface area contributed by atoms with Crippen molar-refractivity contribution in [1.82, 2.24) is 24.4 Å². The van der Waals surface area contributed by atoms with Crippen molar-refractivity contribution in [2.24, 2.45) is 0 Å². The van der Waals surface area contributed by atoms with E-state index >= 15 is 0 Å². The number of carbonyl (C=O) groups excluding carboxylic acids is 2. The number of aromatic nitrogens is 4. The number of aliphatic hydroxyl groups excluding tert-OH is 8. The second-order valence-corrected chi connectivity index (χ2v) is 18.6. The highest BCUT2D eigenvalue weighted by molar-refractivity contribution is 7.61. The lowest BCUT2D eigenvalue weighted by Gasteiger charge is -2.25. The van der Waals surface area contributed by atoms with Crippen LogP contribution in [0.5, 0.6) is 0 Å². The van der Waals surface area contributed by atoms with Crippen LogP contribution in [0.15, 0.2) is 43.7 Å². The standard InChI is InChI=1S/2C9H14N2O12P2.C8H15NO6/c2*12-5-1-2-11(9(15)10-5)8-7(14)6(13)4(22-8)3-21-25(19,20)23-24(16,17)18;1-4(12)9-5(2-10)7(14)8(15)6(13)3-11/h2*1-2,4,6-8,13-14H,3H2,(H,19,20)(H,10,12,15)(H2,16,17,18);2,5-8,11,13-15H,3H2,1H3,(H,9,12)/t2*4-,6-,7-,8-;5-,6+,7+,8-/m110/s1. The van der Waals surface area contributed by atoms with E-state index in [-0.39, 0.29) is 6.29 Å². The van der Waals surface area contributed by atoms with Gasteiger partial charge >= 0.3 is 42.7 Å². The molecule has 4 rings (SSSR count). The first kappa shape index (κ1) is 57.7. The van der Waals surface area contributed by atoms with Crippen LogP contribution in [0.2, 0.25) is 0 Å². The Morgan fingerprint density at radius 3 is 1.38 bits per heavy atom. The number of amides is 1. The van der Waals surface area contributed by atoms with E-state index in [1.54, 1.807) is 0 Å². The molecule has 372 valence electrons. The molecule has 2 aliphatic rings. The van der Waals surface area contributed by atoms with Crippen LogP contribution in [0.3, 0.4) is 0 Å². The Morgan fingerprint density at radius 2 is 1.09 bits per heavy atom. The summed E-state index contributed by atoms with van der Waals surface area (Å²) in [6, 6.07) is 0.603. The molecule has 0 radical (unpaired) electrons. The van der Waals surface area contributed by atoms with Crippen molar-refractivity contribution in [1.29, 1.82) is 0 Å². The lowest BCUT2D eigenvalue weighted by molar-refractivity contribution is -0.129. The Morgan fingerprint density at radius 1 is 0.723 bits per heavy atom. The van der Waals surface area contributed by atoms with Gasteiger partial charge < -0.3 is 89.8 Å². The molecule has 0 spiro atoms. The van der Waals surface area contributed by atoms with Gasteiger partial charge in [0.05, 0.1) is 19.8 Å². The lowest BCUT2D eigenvalue weighted by atomic mass is 10.0. The number of carbonyl (C=O) groups is 2. The summed E-state index contributed by atoms with van der Waals surface area (Å²) in [7, 11) is -21.0. The van der Waals surface area contributed by atoms with Crippen molar-refractivity contribution in [2.45, 2.75) is 80.4 Å². The summed E-state index contributed by atoms with van der Waals surface area (Å²) in [6.07, 6.45) is -15.2. The van der Waals surface area contributed by atoms with E-state index in [0.29, 0.717) is 0 Å². The summed E-state index contributed by atoms with van der Waals surface area (Å²) >= 11 is 0. The molecular formula is C26H43N5O30P4. The van der Waals surface area contributed by atoms with Crippen LogP contribution in [-0.2, 0) is 55.0 Å². The van der Waals surface area contributed by atoms with Crippen LogP contribution < -0.4 is 27.8 Å². The van der Waals surface area contributed by atoms with Crippen molar-refractivity contribution in [2.75, 3.05) is 19.8 Å². The van der Waals surface area contributed by atoms with Gasteiger partial charge in [-0.15, -0.1) is 0 Å². The van der Waals surface area contributed by atoms with Gasteiger partial charge in [-0.05, 0) is 0 Å². The Kier molecular flexibility index (Phi) is 21.4. The quantitative estimate of drug-likeness (QED) is 0.0487. The van der Waals surface area contributed by atoms with Crippen molar-refractivity contribution in [3.8, 4) is 0 Å². The van der Waals surface area contributed by atoms with E-state index in [4.69, 9.17) is 49.0 Å². The molecule has 17 N–H and O–H groups in total. The Labute approximate surface area is 359 Å². The second kappa shape index (κ2) is 24.1. The number of hydrogen-bond acceptors (Lipinski definition) is 24. The maximum atomic E-state index is 11.7. The van der Waals surface area contributed by atoms with Crippen LogP contribution in [0, 0.1) is 0 Å². The highest BCUT2D eigenvalue weighted by Crippen LogP contribution is 2.58. The van der Waals surface area contributed by atoms with E-state index < -0.39 is 153 Å². The number of H-pyrrole nitrogens is 2. The predicted molar refractivity (Wildman–Crippen MR) is 201 cm³/mol. The minimum atomic E-state index is -5.32. The van der Waals surface area contributed by atoms with E-state index in [1.165, 1.54) is 0 Å². The fourth-order valence-electron chi connectivity index (χ4n) is 5.08. The minimum Gasteiger partial charge on any atom is -0.394 e. The molecule has 4 heterocycles. The van der Waals surface area contributed by atoms with Crippen LogP contribution in [0.1, 0.15) is 19.4 Å². The molecule has 0 aromatic carbocycles. The average molecular weight is 1030 g/mol. The number of ether oxygens (including phenoxy) is 2. The molecule has 14 atom stereocenters. The molecule has 2 saturated heterocycles. The molecule has 2 aromatic heterocycles. The number of aliphatic hydroxyl groups is 8. The number of nitrogens with one attached hydrogen (secondary N) is 3. The van der Waals surface area contributed by atoms with Gasteiger partial charge in [-0.1, -0.05) is 0 Å². The molecule has 0 saturated carbocycles. The summed E-state index contributed by atoms with van der Waals surface area (Å²) in [5, 5.41) is 77.7. The van der Waals surface area contributed by atoms with E-state index in [0.717, 1.165) is 40.6 Å². The molecule has 0 bridgehead atoms. The Balaban J connectivity index is 0.000000348. The first-order valence-electron chi connectivity index (χ1n) is 17.2. The molecule has 0 aliphatic carbocycles. The van der Waals surface area contributed by atoms with Crippen molar-refractivity contribution < 1.29 is 125 Å². The molecule has 2 unspecified atom stereocenters. The summed E-state index contributed by atoms with van der Waals surface area (Å²) in [5.41, 5.74) is -3.29. The smallest absolute Gasteiger partial charge is 0.394 e. The number of phosphoric acid groups is 4. The highest BCUT2D eigenvalue weighted by atomic mass is 31.3. The number of aromatic amines is 2. The largest absolute Gasteiger partial charge is 0.481 e. The maximum absolute atomic E-state index is 11.7. The Hall–Kier alpha value is -3.38. The van der Waals surface area contributed by atoms with Crippen LogP contribution in [-0.4, -0.2) is 182 Å². The van der Waals surface area contributed by atoms with Crippen LogP contribution in [0.25, 0.3) is 0 Å². The van der Waals surface area contributed by atoms with Gasteiger partial charge in [0.1, 0.15) is 67.3 Å². The maximum Gasteiger partial charge on any atom is 0.481 e. The van der Waals surface area contributed by atoms with Gasteiger partial charge in [-0.25, -0.2) is 27.8 Å². The summed E-state index contributed by atoms with van der Waals surface area (Å²) in [4.78, 5) is 122. The molecule has 2 fully saturated rings. The van der Waals surface area contributed by atoms with Gasteiger partial charge in [0.15, 0.2) is 12.5 Å². The summed E-state index contributed by atoms with van der Waals surface area (Å²) in [6.45, 7) is -1.43. The molecule has 65 heavy (non-hydrogen) atoms. The molecular weight excluding hydrogens is 986 g/mol. The third kappa shape index (κ3) is 18.3. The topological polar surface area (TPSA) is 563 Å². The number of hydrogen-bond donors (Lipinski definition) is 17. The second-order valence-electron chi connectivity index (χ2n) is 12.9. The zero-order valence-electron chi connectivity index (χ0n) is 32.4. The van der Waals surface area contributed by atoms with Crippen molar-refractivity contribution in [3.63, 3.8) is 0 Å². The molecule has 35 nitrogen and oxygen atoms in total. The zero-order chi connectivity index (χ0) is 50.0. The van der Waals surface area contributed by atoms with Gasteiger partial charge in [0.2, 0.25) is 5.91 Å². The van der Waals surface area contributed by atoms with Crippen molar-refractivity contribution >= 4 is 43.5 Å². The SMILES string of the molecule is CC(=O)N[C@@H](C=O)[C@@H](O)[C@@H](O)[C@H](O)CO.O=c1ccn([C@@H]2O[C@H](COP(=O)(O)OP(=O)(O)O)[C@@H](O)[C@H]2O)c(=O)[nH]1.O=c1ccn([C@@H]2O[C@H](COP(=O)(O)OP(=O)(O)O)[C@@H](O)[C@H]2O)c(=O)[nH]1.